The number of anilines is 2. The Kier molecular flexibility index (Phi) is 7.02. The number of hydrazone groups is 1. The molecule has 0 bridgehead atoms. The summed E-state index contributed by atoms with van der Waals surface area (Å²) in [5.41, 5.74) is 2.88. The van der Waals surface area contributed by atoms with E-state index in [1.807, 2.05) is 0 Å². The number of hydrogen-bond acceptors (Lipinski definition) is 7. The Morgan fingerprint density at radius 2 is 2.00 bits per heavy atom. The molecular formula is C25H25F2N5O3. The molecule has 0 fully saturated rings. The first-order valence-electron chi connectivity index (χ1n) is 10.9. The second-order valence-corrected chi connectivity index (χ2v) is 8.08. The van der Waals surface area contributed by atoms with E-state index in [9.17, 15) is 13.6 Å². The van der Waals surface area contributed by atoms with E-state index in [-0.39, 0.29) is 24.8 Å². The molecule has 1 unspecified atom stereocenters. The van der Waals surface area contributed by atoms with Crippen LogP contribution in [0.3, 0.4) is 0 Å². The van der Waals surface area contributed by atoms with Gasteiger partial charge in [-0.1, -0.05) is 12.1 Å². The summed E-state index contributed by atoms with van der Waals surface area (Å²) in [6, 6.07) is 11.2. The van der Waals surface area contributed by atoms with Crippen molar-refractivity contribution in [1.82, 2.24) is 9.97 Å². The molecule has 1 amide bonds. The Labute approximate surface area is 201 Å². The van der Waals surface area contributed by atoms with E-state index < -0.39 is 11.8 Å². The van der Waals surface area contributed by atoms with E-state index >= 15 is 0 Å². The number of methoxy groups -OCH3 is 1. The number of amides is 1. The largest absolute Gasteiger partial charge is 0.496 e. The zero-order valence-corrected chi connectivity index (χ0v) is 19.5. The number of benzene rings is 2. The van der Waals surface area contributed by atoms with Crippen molar-refractivity contribution in [2.75, 3.05) is 30.8 Å². The van der Waals surface area contributed by atoms with Gasteiger partial charge in [-0.15, -0.1) is 0 Å². The van der Waals surface area contributed by atoms with Crippen LogP contribution in [0.4, 0.5) is 20.2 Å². The molecule has 4 rings (SSSR count). The Balaban J connectivity index is 1.41. The van der Waals surface area contributed by atoms with Crippen LogP contribution in [0.15, 0.2) is 66.2 Å². The van der Waals surface area contributed by atoms with Crippen molar-refractivity contribution in [3.63, 3.8) is 0 Å². The maximum absolute atomic E-state index is 13.5. The van der Waals surface area contributed by atoms with E-state index in [4.69, 9.17) is 9.47 Å². The molecule has 1 aliphatic rings. The fourth-order valence-electron chi connectivity index (χ4n) is 3.66. The number of carbonyl (C=O) groups is 1. The molecule has 0 saturated heterocycles. The van der Waals surface area contributed by atoms with Gasteiger partial charge in [0.2, 0.25) is 0 Å². The standard InChI is InChI=1S/C25H25F2N5O3/c1-16-21(14-35-15-30-18-6-4-5-17(11-18)25(2,26)27)24(33)32(31-16)19-7-8-23(34-3)20(12-19)22-13-28-9-10-29-22/h4-13,21,30H,14-15H2,1-3H3. The van der Waals surface area contributed by atoms with Gasteiger partial charge in [0.15, 0.2) is 0 Å². The van der Waals surface area contributed by atoms with Gasteiger partial charge in [-0.05, 0) is 37.3 Å². The van der Waals surface area contributed by atoms with Gasteiger partial charge in [0.1, 0.15) is 18.4 Å². The number of rotatable bonds is 9. The SMILES string of the molecule is COc1ccc(N2N=C(C)C(COCNc3cccc(C(C)(F)F)c3)C2=O)cc1-c1cnccn1. The van der Waals surface area contributed by atoms with Crippen molar-refractivity contribution >= 4 is 23.0 Å². The molecule has 8 nitrogen and oxygen atoms in total. The molecule has 0 radical (unpaired) electrons. The minimum Gasteiger partial charge on any atom is -0.496 e. The highest BCUT2D eigenvalue weighted by Gasteiger charge is 2.35. The minimum atomic E-state index is -2.93. The number of halogens is 2. The van der Waals surface area contributed by atoms with E-state index in [2.05, 4.69) is 20.4 Å². The second-order valence-electron chi connectivity index (χ2n) is 8.08. The maximum Gasteiger partial charge on any atom is 0.270 e. The number of carbonyl (C=O) groups excluding carboxylic acids is 1. The number of aromatic nitrogens is 2. The van der Waals surface area contributed by atoms with Gasteiger partial charge in [-0.3, -0.25) is 14.8 Å². The van der Waals surface area contributed by atoms with Crippen LogP contribution in [0.5, 0.6) is 5.75 Å². The smallest absolute Gasteiger partial charge is 0.270 e. The molecular weight excluding hydrogens is 456 g/mol. The molecule has 1 atom stereocenters. The third-order valence-corrected chi connectivity index (χ3v) is 5.57. The lowest BCUT2D eigenvalue weighted by Crippen LogP contribution is -2.30. The Morgan fingerprint density at radius 3 is 2.71 bits per heavy atom. The molecule has 35 heavy (non-hydrogen) atoms. The highest BCUT2D eigenvalue weighted by atomic mass is 19.3. The molecule has 2 heterocycles. The topological polar surface area (TPSA) is 88.9 Å². The molecule has 10 heteroatoms. The van der Waals surface area contributed by atoms with Crippen LogP contribution in [0.25, 0.3) is 11.3 Å². The van der Waals surface area contributed by atoms with Gasteiger partial charge in [0, 0.05) is 36.1 Å². The molecule has 1 N–H and O–H groups in total. The lowest BCUT2D eigenvalue weighted by molar-refractivity contribution is -0.121. The van der Waals surface area contributed by atoms with Gasteiger partial charge in [-0.2, -0.15) is 5.10 Å². The number of nitrogens with zero attached hydrogens (tertiary/aromatic N) is 4. The fourth-order valence-corrected chi connectivity index (χ4v) is 3.66. The van der Waals surface area contributed by atoms with Crippen molar-refractivity contribution in [3.8, 4) is 17.0 Å². The van der Waals surface area contributed by atoms with Crippen LogP contribution in [0.2, 0.25) is 0 Å². The normalized spacial score (nSPS) is 15.8. The first-order valence-corrected chi connectivity index (χ1v) is 10.9. The first kappa shape index (κ1) is 24.2. The zero-order valence-electron chi connectivity index (χ0n) is 19.5. The molecule has 3 aromatic rings. The molecule has 0 spiro atoms. The van der Waals surface area contributed by atoms with Crippen LogP contribution >= 0.6 is 0 Å². The van der Waals surface area contributed by atoms with Crippen molar-refractivity contribution in [1.29, 1.82) is 0 Å². The average Bonchev–Trinajstić information content (AvgIpc) is 3.14. The van der Waals surface area contributed by atoms with Crippen LogP contribution in [-0.2, 0) is 15.5 Å². The maximum atomic E-state index is 13.5. The number of hydrogen-bond donors (Lipinski definition) is 1. The lowest BCUT2D eigenvalue weighted by atomic mass is 10.1. The highest BCUT2D eigenvalue weighted by Crippen LogP contribution is 2.34. The zero-order chi connectivity index (χ0) is 25.0. The monoisotopic (exact) mass is 481 g/mol. The fraction of sp³-hybridized carbons (Fsp3) is 0.280. The Morgan fingerprint density at radius 1 is 1.17 bits per heavy atom. The van der Waals surface area contributed by atoms with Crippen LogP contribution in [0.1, 0.15) is 19.4 Å². The van der Waals surface area contributed by atoms with Gasteiger partial charge >= 0.3 is 0 Å². The first-order chi connectivity index (χ1) is 16.8. The summed E-state index contributed by atoms with van der Waals surface area (Å²) in [4.78, 5) is 21.5. The van der Waals surface area contributed by atoms with E-state index in [0.717, 1.165) is 6.92 Å². The minimum absolute atomic E-state index is 0.0508. The van der Waals surface area contributed by atoms with Crippen molar-refractivity contribution in [2.24, 2.45) is 11.0 Å². The van der Waals surface area contributed by atoms with E-state index in [0.29, 0.717) is 34.1 Å². The summed E-state index contributed by atoms with van der Waals surface area (Å²) in [6.07, 6.45) is 4.77. The van der Waals surface area contributed by atoms with E-state index in [1.54, 1.807) is 63.0 Å². The third kappa shape index (κ3) is 5.43. The third-order valence-electron chi connectivity index (χ3n) is 5.57. The number of nitrogens with one attached hydrogen (secondary N) is 1. The van der Waals surface area contributed by atoms with Gasteiger partial charge in [0.05, 0.1) is 37.0 Å². The summed E-state index contributed by atoms with van der Waals surface area (Å²) < 4.78 is 38.1. The van der Waals surface area contributed by atoms with Gasteiger partial charge in [0.25, 0.3) is 11.8 Å². The van der Waals surface area contributed by atoms with Crippen LogP contribution < -0.4 is 15.1 Å². The molecule has 182 valence electrons. The predicted octanol–water partition coefficient (Wildman–Crippen LogP) is 4.69. The van der Waals surface area contributed by atoms with Crippen LogP contribution in [-0.4, -0.2) is 42.0 Å². The average molecular weight is 482 g/mol. The molecule has 1 aromatic heterocycles. The van der Waals surface area contributed by atoms with Gasteiger partial charge < -0.3 is 14.8 Å². The summed E-state index contributed by atoms with van der Waals surface area (Å²) >= 11 is 0. The summed E-state index contributed by atoms with van der Waals surface area (Å²) in [5.74, 6) is -3.13. The summed E-state index contributed by atoms with van der Waals surface area (Å²) in [5, 5.41) is 8.71. The molecule has 0 saturated carbocycles. The molecule has 0 aliphatic carbocycles. The summed E-state index contributed by atoms with van der Waals surface area (Å²) in [7, 11) is 1.56. The van der Waals surface area contributed by atoms with Crippen LogP contribution in [0, 0.1) is 5.92 Å². The van der Waals surface area contributed by atoms with Crippen molar-refractivity contribution < 1.29 is 23.0 Å². The number of alkyl halides is 2. The molecule has 1 aliphatic heterocycles. The Hall–Kier alpha value is -3.92. The molecule has 2 aromatic carbocycles. The summed E-state index contributed by atoms with van der Waals surface area (Å²) in [6.45, 7) is 2.75. The van der Waals surface area contributed by atoms with Crippen molar-refractivity contribution in [3.05, 3.63) is 66.6 Å². The predicted molar refractivity (Wildman–Crippen MR) is 129 cm³/mol. The van der Waals surface area contributed by atoms with E-state index in [1.165, 1.54) is 17.1 Å². The second kappa shape index (κ2) is 10.1. The van der Waals surface area contributed by atoms with Crippen molar-refractivity contribution in [2.45, 2.75) is 19.8 Å². The number of ether oxygens (including phenoxy) is 2. The van der Waals surface area contributed by atoms with Gasteiger partial charge in [-0.25, -0.2) is 13.8 Å². The lowest BCUT2D eigenvalue weighted by Gasteiger charge is -2.17. The quantitative estimate of drug-likeness (QED) is 0.352. The highest BCUT2D eigenvalue weighted by molar-refractivity contribution is 6.15. The Bertz CT molecular complexity index is 1230.